The lowest BCUT2D eigenvalue weighted by Crippen LogP contribution is -1.94. The van der Waals surface area contributed by atoms with E-state index in [4.69, 9.17) is 11.6 Å². The van der Waals surface area contributed by atoms with E-state index in [0.29, 0.717) is 11.4 Å². The Morgan fingerprint density at radius 3 is 2.64 bits per heavy atom. The molecule has 1 rings (SSSR count). The van der Waals surface area contributed by atoms with E-state index in [9.17, 15) is 5.11 Å². The van der Waals surface area contributed by atoms with E-state index >= 15 is 0 Å². The Morgan fingerprint density at radius 1 is 1.45 bits per heavy atom. The molecule has 1 aromatic rings. The third-order valence-electron chi connectivity index (χ3n) is 1.65. The lowest BCUT2D eigenvalue weighted by atomic mass is 10.1. The van der Waals surface area contributed by atoms with Crippen molar-refractivity contribution in [3.8, 4) is 0 Å². The minimum absolute atomic E-state index is 0.427. The SMILES string of the molecule is CCC(O)c1ccccc1Cl. The summed E-state index contributed by atoms with van der Waals surface area (Å²) in [7, 11) is 0. The van der Waals surface area contributed by atoms with Gasteiger partial charge < -0.3 is 5.11 Å². The van der Waals surface area contributed by atoms with Gasteiger partial charge in [-0.25, -0.2) is 0 Å². The first-order valence-corrected chi connectivity index (χ1v) is 4.06. The normalized spacial score (nSPS) is 13.0. The van der Waals surface area contributed by atoms with Crippen molar-refractivity contribution in [2.24, 2.45) is 0 Å². The number of aliphatic hydroxyl groups excluding tert-OH is 1. The molecule has 11 heavy (non-hydrogen) atoms. The molecule has 0 radical (unpaired) electrons. The monoisotopic (exact) mass is 170 g/mol. The molecule has 0 fully saturated rings. The highest BCUT2D eigenvalue weighted by Gasteiger charge is 2.06. The number of hydrogen-bond acceptors (Lipinski definition) is 1. The van der Waals surface area contributed by atoms with Crippen LogP contribution in [0, 0.1) is 0 Å². The second-order valence-corrected chi connectivity index (χ2v) is 2.85. The minimum Gasteiger partial charge on any atom is -0.388 e. The van der Waals surface area contributed by atoms with Crippen LogP contribution in [0.15, 0.2) is 24.3 Å². The van der Waals surface area contributed by atoms with Crippen molar-refractivity contribution >= 4 is 11.6 Å². The molecule has 0 spiro atoms. The molecule has 1 unspecified atom stereocenters. The van der Waals surface area contributed by atoms with E-state index in [0.717, 1.165) is 5.56 Å². The first-order chi connectivity index (χ1) is 5.25. The van der Waals surface area contributed by atoms with Gasteiger partial charge in [0.2, 0.25) is 0 Å². The quantitative estimate of drug-likeness (QED) is 0.724. The predicted octanol–water partition coefficient (Wildman–Crippen LogP) is 2.78. The zero-order valence-electron chi connectivity index (χ0n) is 6.42. The van der Waals surface area contributed by atoms with Crippen molar-refractivity contribution in [3.63, 3.8) is 0 Å². The van der Waals surface area contributed by atoms with Crippen LogP contribution in [0.2, 0.25) is 5.02 Å². The Morgan fingerprint density at radius 2 is 2.09 bits per heavy atom. The highest BCUT2D eigenvalue weighted by atomic mass is 35.5. The van der Waals surface area contributed by atoms with Gasteiger partial charge in [-0.1, -0.05) is 36.7 Å². The van der Waals surface area contributed by atoms with Crippen molar-refractivity contribution in [3.05, 3.63) is 34.9 Å². The van der Waals surface area contributed by atoms with Gasteiger partial charge in [0.15, 0.2) is 0 Å². The Balaban J connectivity index is 2.93. The summed E-state index contributed by atoms with van der Waals surface area (Å²) in [6.07, 6.45) is 0.271. The van der Waals surface area contributed by atoms with Gasteiger partial charge in [-0.3, -0.25) is 0 Å². The molecule has 1 nitrogen and oxygen atoms in total. The van der Waals surface area contributed by atoms with Gasteiger partial charge >= 0.3 is 0 Å². The molecule has 1 N–H and O–H groups in total. The molecule has 0 aliphatic heterocycles. The predicted molar refractivity (Wildman–Crippen MR) is 46.7 cm³/mol. The Bertz CT molecular complexity index is 235. The molecule has 0 heterocycles. The molecule has 2 heteroatoms. The molecule has 0 aliphatic carbocycles. The number of rotatable bonds is 2. The van der Waals surface area contributed by atoms with E-state index in [-0.39, 0.29) is 0 Å². The van der Waals surface area contributed by atoms with Crippen molar-refractivity contribution < 1.29 is 5.11 Å². The Hall–Kier alpha value is -0.530. The van der Waals surface area contributed by atoms with Gasteiger partial charge in [-0.15, -0.1) is 0 Å². The number of halogens is 1. The average Bonchev–Trinajstić information content (AvgIpc) is 2.04. The van der Waals surface area contributed by atoms with Crippen LogP contribution in [0.5, 0.6) is 0 Å². The first kappa shape index (κ1) is 8.57. The fraction of sp³-hybridized carbons (Fsp3) is 0.333. The molecule has 1 atom stereocenters. The number of benzene rings is 1. The first-order valence-electron chi connectivity index (χ1n) is 3.68. The molecule has 60 valence electrons. The van der Waals surface area contributed by atoms with Crippen LogP contribution in [-0.2, 0) is 0 Å². The summed E-state index contributed by atoms with van der Waals surface area (Å²) in [5.74, 6) is 0. The lowest BCUT2D eigenvalue weighted by molar-refractivity contribution is 0.174. The molecule has 0 saturated heterocycles. The molecule has 0 aromatic heterocycles. The molecule has 0 amide bonds. The lowest BCUT2D eigenvalue weighted by Gasteiger charge is -2.08. The fourth-order valence-corrected chi connectivity index (χ4v) is 1.23. The second kappa shape index (κ2) is 3.74. The summed E-state index contributed by atoms with van der Waals surface area (Å²) < 4.78 is 0. The number of hydrogen-bond donors (Lipinski definition) is 1. The zero-order chi connectivity index (χ0) is 8.27. The van der Waals surface area contributed by atoms with Crippen LogP contribution in [-0.4, -0.2) is 5.11 Å². The third kappa shape index (κ3) is 1.95. The summed E-state index contributed by atoms with van der Waals surface area (Å²) >= 11 is 5.84. The highest BCUT2D eigenvalue weighted by Crippen LogP contribution is 2.23. The minimum atomic E-state index is -0.427. The van der Waals surface area contributed by atoms with Gasteiger partial charge in [0.25, 0.3) is 0 Å². The maximum atomic E-state index is 9.43. The van der Waals surface area contributed by atoms with Gasteiger partial charge in [-0.2, -0.15) is 0 Å². The van der Waals surface area contributed by atoms with Gasteiger partial charge in [0.1, 0.15) is 0 Å². The average molecular weight is 171 g/mol. The largest absolute Gasteiger partial charge is 0.388 e. The number of aliphatic hydroxyl groups is 1. The Labute approximate surface area is 71.6 Å². The maximum Gasteiger partial charge on any atom is 0.0801 e. The van der Waals surface area contributed by atoms with Crippen molar-refractivity contribution in [2.75, 3.05) is 0 Å². The Kier molecular flexibility index (Phi) is 2.92. The zero-order valence-corrected chi connectivity index (χ0v) is 7.17. The molecule has 1 aromatic carbocycles. The van der Waals surface area contributed by atoms with Crippen LogP contribution in [0.4, 0.5) is 0 Å². The summed E-state index contributed by atoms with van der Waals surface area (Å²) in [6, 6.07) is 7.36. The van der Waals surface area contributed by atoms with Crippen LogP contribution < -0.4 is 0 Å². The van der Waals surface area contributed by atoms with Crippen LogP contribution in [0.3, 0.4) is 0 Å². The molecular formula is C9H11ClO. The van der Waals surface area contributed by atoms with Gasteiger partial charge in [-0.05, 0) is 18.1 Å². The van der Waals surface area contributed by atoms with Crippen molar-refractivity contribution in [2.45, 2.75) is 19.4 Å². The van der Waals surface area contributed by atoms with Crippen molar-refractivity contribution in [1.82, 2.24) is 0 Å². The van der Waals surface area contributed by atoms with Crippen molar-refractivity contribution in [1.29, 1.82) is 0 Å². The smallest absolute Gasteiger partial charge is 0.0801 e. The fourth-order valence-electron chi connectivity index (χ4n) is 0.965. The van der Waals surface area contributed by atoms with E-state index in [2.05, 4.69) is 0 Å². The van der Waals surface area contributed by atoms with Gasteiger partial charge in [0, 0.05) is 5.02 Å². The van der Waals surface area contributed by atoms with Crippen LogP contribution >= 0.6 is 11.6 Å². The van der Waals surface area contributed by atoms with E-state index in [1.807, 2.05) is 25.1 Å². The summed E-state index contributed by atoms with van der Waals surface area (Å²) in [5, 5.41) is 10.1. The third-order valence-corrected chi connectivity index (χ3v) is 2.00. The van der Waals surface area contributed by atoms with E-state index in [1.54, 1.807) is 6.07 Å². The standard InChI is InChI=1S/C9H11ClO/c1-2-9(11)7-5-3-4-6-8(7)10/h3-6,9,11H,2H2,1H3. The molecule has 0 bridgehead atoms. The maximum absolute atomic E-state index is 9.43. The molecular weight excluding hydrogens is 160 g/mol. The summed E-state index contributed by atoms with van der Waals surface area (Å²) in [5.41, 5.74) is 0.816. The van der Waals surface area contributed by atoms with Gasteiger partial charge in [0.05, 0.1) is 6.10 Å². The molecule has 0 saturated carbocycles. The second-order valence-electron chi connectivity index (χ2n) is 2.45. The highest BCUT2D eigenvalue weighted by molar-refractivity contribution is 6.31. The summed E-state index contributed by atoms with van der Waals surface area (Å²) in [4.78, 5) is 0. The molecule has 0 aliphatic rings. The van der Waals surface area contributed by atoms with E-state index in [1.165, 1.54) is 0 Å². The summed E-state index contributed by atoms with van der Waals surface area (Å²) in [6.45, 7) is 1.92. The van der Waals surface area contributed by atoms with E-state index < -0.39 is 6.10 Å². The van der Waals surface area contributed by atoms with Crippen LogP contribution in [0.25, 0.3) is 0 Å². The topological polar surface area (TPSA) is 20.2 Å². The van der Waals surface area contributed by atoms with Crippen LogP contribution in [0.1, 0.15) is 25.0 Å².